The fraction of sp³-hybridized carbons (Fsp3) is 0.400. The van der Waals surface area contributed by atoms with Crippen molar-refractivity contribution in [3.05, 3.63) is 22.4 Å². The largest absolute Gasteiger partial charge is 0.480 e. The minimum Gasteiger partial charge on any atom is -0.480 e. The van der Waals surface area contributed by atoms with Gasteiger partial charge < -0.3 is 15.2 Å². The lowest BCUT2D eigenvalue weighted by Crippen LogP contribution is -2.42. The van der Waals surface area contributed by atoms with Crippen molar-refractivity contribution in [1.82, 2.24) is 5.32 Å². The van der Waals surface area contributed by atoms with Gasteiger partial charge in [-0.15, -0.1) is 11.3 Å². The van der Waals surface area contributed by atoms with Crippen molar-refractivity contribution < 1.29 is 19.4 Å². The lowest BCUT2D eigenvalue weighted by molar-refractivity contribution is -0.143. The molecule has 1 rings (SSSR count). The molecule has 1 atom stereocenters. The molecule has 1 heterocycles. The van der Waals surface area contributed by atoms with Gasteiger partial charge in [0.2, 0.25) is 5.91 Å². The van der Waals surface area contributed by atoms with E-state index < -0.39 is 12.0 Å². The molecule has 0 aliphatic carbocycles. The Balaban J connectivity index is 2.32. The maximum Gasteiger partial charge on any atom is 0.328 e. The van der Waals surface area contributed by atoms with Crippen molar-refractivity contribution >= 4 is 23.2 Å². The van der Waals surface area contributed by atoms with Crippen LogP contribution in [0.4, 0.5) is 0 Å². The van der Waals surface area contributed by atoms with Crippen LogP contribution in [0.25, 0.3) is 0 Å². The molecule has 0 saturated carbocycles. The lowest BCUT2D eigenvalue weighted by Gasteiger charge is -2.12. The summed E-state index contributed by atoms with van der Waals surface area (Å²) in [4.78, 5) is 22.5. The van der Waals surface area contributed by atoms with E-state index in [0.29, 0.717) is 6.61 Å². The van der Waals surface area contributed by atoms with Gasteiger partial charge in [-0.05, 0) is 11.4 Å². The van der Waals surface area contributed by atoms with Gasteiger partial charge in [-0.25, -0.2) is 4.79 Å². The van der Waals surface area contributed by atoms with Gasteiger partial charge in [0, 0.05) is 11.8 Å². The van der Waals surface area contributed by atoms with Crippen LogP contribution in [0.1, 0.15) is 11.8 Å². The van der Waals surface area contributed by atoms with E-state index in [4.69, 9.17) is 9.84 Å². The fourth-order valence-electron chi connectivity index (χ4n) is 1.09. The van der Waals surface area contributed by atoms with Crippen molar-refractivity contribution in [3.63, 3.8) is 0 Å². The van der Waals surface area contributed by atoms with Crippen LogP contribution in [-0.2, 0) is 20.9 Å². The van der Waals surface area contributed by atoms with Gasteiger partial charge in [-0.2, -0.15) is 0 Å². The Hall–Kier alpha value is -1.40. The maximum absolute atomic E-state index is 10.7. The summed E-state index contributed by atoms with van der Waals surface area (Å²) in [5, 5.41) is 13.0. The Bertz CT molecular complexity index is 350. The van der Waals surface area contributed by atoms with Gasteiger partial charge in [0.1, 0.15) is 0 Å². The van der Waals surface area contributed by atoms with Gasteiger partial charge in [0.05, 0.1) is 13.2 Å². The molecule has 1 aromatic rings. The van der Waals surface area contributed by atoms with Gasteiger partial charge in [0.15, 0.2) is 6.04 Å². The van der Waals surface area contributed by atoms with Crippen molar-refractivity contribution in [3.8, 4) is 0 Å². The number of rotatable bonds is 6. The standard InChI is InChI=1S/C10H13NO4S/c1-7(12)11-9(10(13)14)6-15-5-8-3-2-4-16-8/h2-4,9H,5-6H2,1H3,(H,11,12)(H,13,14). The van der Waals surface area contributed by atoms with E-state index in [1.807, 2.05) is 17.5 Å². The third-order valence-corrected chi connectivity index (χ3v) is 2.63. The normalized spacial score (nSPS) is 12.1. The number of carbonyl (C=O) groups is 2. The molecule has 6 heteroatoms. The van der Waals surface area contributed by atoms with E-state index in [1.165, 1.54) is 18.3 Å². The fourth-order valence-corrected chi connectivity index (χ4v) is 1.73. The molecule has 0 bridgehead atoms. The van der Waals surface area contributed by atoms with E-state index in [9.17, 15) is 9.59 Å². The first-order chi connectivity index (χ1) is 7.59. The Morgan fingerprint density at radius 3 is 2.88 bits per heavy atom. The number of aliphatic carboxylic acids is 1. The minimum atomic E-state index is -1.10. The van der Waals surface area contributed by atoms with Gasteiger partial charge in [-0.3, -0.25) is 4.79 Å². The monoisotopic (exact) mass is 243 g/mol. The maximum atomic E-state index is 10.7. The molecule has 1 amide bonds. The summed E-state index contributed by atoms with van der Waals surface area (Å²) < 4.78 is 5.22. The number of carbonyl (C=O) groups excluding carboxylic acids is 1. The molecular formula is C10H13NO4S. The number of hydrogen-bond acceptors (Lipinski definition) is 4. The first-order valence-corrected chi connectivity index (χ1v) is 5.57. The predicted octanol–water partition coefficient (Wildman–Crippen LogP) is 0.854. The van der Waals surface area contributed by atoms with Gasteiger partial charge in [0.25, 0.3) is 0 Å². The smallest absolute Gasteiger partial charge is 0.328 e. The van der Waals surface area contributed by atoms with Crippen LogP contribution < -0.4 is 5.32 Å². The molecule has 0 radical (unpaired) electrons. The van der Waals surface area contributed by atoms with Gasteiger partial charge in [-0.1, -0.05) is 6.07 Å². The molecule has 5 nitrogen and oxygen atoms in total. The van der Waals surface area contributed by atoms with Crippen LogP contribution >= 0.6 is 11.3 Å². The molecular weight excluding hydrogens is 230 g/mol. The first kappa shape index (κ1) is 12.7. The summed E-state index contributed by atoms with van der Waals surface area (Å²) in [6.07, 6.45) is 0. The van der Waals surface area contributed by atoms with Crippen LogP contribution in [-0.4, -0.2) is 29.6 Å². The van der Waals surface area contributed by atoms with E-state index in [0.717, 1.165) is 4.88 Å². The number of amides is 1. The zero-order valence-electron chi connectivity index (χ0n) is 8.80. The summed E-state index contributed by atoms with van der Waals surface area (Å²) in [5.41, 5.74) is 0. The Kier molecular flexibility index (Phi) is 4.94. The van der Waals surface area contributed by atoms with Crippen molar-refractivity contribution in [2.24, 2.45) is 0 Å². The average Bonchev–Trinajstić information content (AvgIpc) is 2.68. The summed E-state index contributed by atoms with van der Waals surface area (Å²) in [6.45, 7) is 1.60. The van der Waals surface area contributed by atoms with E-state index in [1.54, 1.807) is 0 Å². The van der Waals surface area contributed by atoms with Crippen molar-refractivity contribution in [1.29, 1.82) is 0 Å². The number of hydrogen-bond donors (Lipinski definition) is 2. The minimum absolute atomic E-state index is 0.0349. The second-order valence-corrected chi connectivity index (χ2v) is 4.22. The molecule has 0 fully saturated rings. The van der Waals surface area contributed by atoms with Crippen LogP contribution in [0.2, 0.25) is 0 Å². The Morgan fingerprint density at radius 1 is 1.62 bits per heavy atom. The quantitative estimate of drug-likeness (QED) is 0.776. The molecule has 2 N–H and O–H groups in total. The zero-order valence-corrected chi connectivity index (χ0v) is 9.62. The van der Waals surface area contributed by atoms with E-state index in [2.05, 4.69) is 5.32 Å². The highest BCUT2D eigenvalue weighted by Gasteiger charge is 2.18. The number of ether oxygens (including phenoxy) is 1. The molecule has 0 aliphatic rings. The predicted molar refractivity (Wildman–Crippen MR) is 59.2 cm³/mol. The van der Waals surface area contributed by atoms with Crippen molar-refractivity contribution in [2.75, 3.05) is 6.61 Å². The molecule has 0 aromatic carbocycles. The first-order valence-electron chi connectivity index (χ1n) is 4.69. The number of thiophene rings is 1. The highest BCUT2D eigenvalue weighted by molar-refractivity contribution is 7.09. The second kappa shape index (κ2) is 6.24. The van der Waals surface area contributed by atoms with Crippen LogP contribution in [0.3, 0.4) is 0 Å². The molecule has 1 unspecified atom stereocenters. The third kappa shape index (κ3) is 4.41. The molecule has 0 aliphatic heterocycles. The topological polar surface area (TPSA) is 75.6 Å². The molecule has 16 heavy (non-hydrogen) atoms. The SMILES string of the molecule is CC(=O)NC(COCc1cccs1)C(=O)O. The molecule has 1 aromatic heterocycles. The number of nitrogens with one attached hydrogen (secondary N) is 1. The highest BCUT2D eigenvalue weighted by atomic mass is 32.1. The van der Waals surface area contributed by atoms with Gasteiger partial charge >= 0.3 is 5.97 Å². The van der Waals surface area contributed by atoms with Crippen LogP contribution in [0, 0.1) is 0 Å². The average molecular weight is 243 g/mol. The third-order valence-electron chi connectivity index (χ3n) is 1.78. The molecule has 88 valence electrons. The highest BCUT2D eigenvalue weighted by Crippen LogP contribution is 2.09. The summed E-state index contributed by atoms with van der Waals surface area (Å²) in [6, 6.07) is 2.81. The summed E-state index contributed by atoms with van der Waals surface area (Å²) >= 11 is 1.54. The number of carboxylic acid groups (broad SMARTS) is 1. The Labute approximate surface area is 97.0 Å². The van der Waals surface area contributed by atoms with E-state index >= 15 is 0 Å². The summed E-state index contributed by atoms with van der Waals surface area (Å²) in [7, 11) is 0. The lowest BCUT2D eigenvalue weighted by atomic mass is 10.3. The van der Waals surface area contributed by atoms with Crippen LogP contribution in [0.5, 0.6) is 0 Å². The molecule has 0 spiro atoms. The molecule has 0 saturated heterocycles. The van der Waals surface area contributed by atoms with Crippen LogP contribution in [0.15, 0.2) is 17.5 Å². The van der Waals surface area contributed by atoms with Crippen molar-refractivity contribution in [2.45, 2.75) is 19.6 Å². The van der Waals surface area contributed by atoms with E-state index in [-0.39, 0.29) is 12.5 Å². The number of carboxylic acids is 1. The second-order valence-electron chi connectivity index (χ2n) is 3.19. The zero-order chi connectivity index (χ0) is 12.0. The Morgan fingerprint density at radius 2 is 2.38 bits per heavy atom. The summed E-state index contributed by atoms with van der Waals surface area (Å²) in [5.74, 6) is -1.48.